The smallest absolute Gasteiger partial charge is 0.254 e. The van der Waals surface area contributed by atoms with E-state index in [0.29, 0.717) is 12.2 Å². The van der Waals surface area contributed by atoms with Crippen LogP contribution in [0.2, 0.25) is 0 Å². The van der Waals surface area contributed by atoms with Crippen LogP contribution in [0.4, 0.5) is 0 Å². The van der Waals surface area contributed by atoms with Crippen LogP contribution in [0.3, 0.4) is 0 Å². The molecule has 0 heterocycles. The number of carbonyl (C=O) groups excluding carboxylic acids is 1. The molecule has 0 saturated carbocycles. The maximum absolute atomic E-state index is 10.0. The fourth-order valence-electron chi connectivity index (χ4n) is 0.611. The lowest BCUT2D eigenvalue weighted by molar-refractivity contribution is -0.126. The number of thiol groups is 1. The Labute approximate surface area is 70.1 Å². The zero-order valence-electron chi connectivity index (χ0n) is 5.68. The number of para-hydroxylation sites is 1. The molecule has 0 atom stereocenters. The first kappa shape index (κ1) is 7.94. The monoisotopic (exact) mass is 169 g/mol. The number of carbonyl (C=O) groups is 1. The van der Waals surface area contributed by atoms with E-state index in [1.165, 1.54) is 0 Å². The Bertz CT molecular complexity index is 227. The summed E-state index contributed by atoms with van der Waals surface area (Å²) in [6.45, 7) is 0. The van der Waals surface area contributed by atoms with Crippen molar-refractivity contribution >= 4 is 19.2 Å². The van der Waals surface area contributed by atoms with Crippen molar-refractivity contribution in [2.45, 2.75) is 0 Å². The first-order chi connectivity index (χ1) is 5.33. The van der Waals surface area contributed by atoms with Gasteiger partial charge >= 0.3 is 0 Å². The number of benzene rings is 1. The van der Waals surface area contributed by atoms with E-state index >= 15 is 0 Å². The maximum Gasteiger partial charge on any atom is 0.254 e. The van der Waals surface area contributed by atoms with E-state index in [2.05, 4.69) is 12.8 Å². The van der Waals surface area contributed by atoms with Crippen molar-refractivity contribution in [3.63, 3.8) is 0 Å². The molecule has 0 aliphatic carbocycles. The van der Waals surface area contributed by atoms with Gasteiger partial charge in [-0.2, -0.15) is 0 Å². The lowest BCUT2D eigenvalue weighted by Gasteiger charge is -2.08. The van der Waals surface area contributed by atoms with E-state index in [4.69, 9.17) is 4.84 Å². The van der Waals surface area contributed by atoms with Crippen molar-refractivity contribution in [2.75, 3.05) is 0 Å². The minimum absolute atomic E-state index is 0.468. The minimum atomic E-state index is 0.468. The van der Waals surface area contributed by atoms with Gasteiger partial charge in [-0.3, -0.25) is 4.79 Å². The molecule has 0 N–H and O–H groups in total. The molecule has 1 rings (SSSR count). The summed E-state index contributed by atoms with van der Waals surface area (Å²) in [6, 6.07) is 8.93. The van der Waals surface area contributed by atoms with Gasteiger partial charge in [-0.05, 0) is 24.9 Å². The molecule has 11 heavy (non-hydrogen) atoms. The Kier molecular flexibility index (Phi) is 2.80. The van der Waals surface area contributed by atoms with Crippen LogP contribution in [0.25, 0.3) is 0 Å². The van der Waals surface area contributed by atoms with Crippen LogP contribution in [-0.2, 0) is 4.79 Å². The molecule has 58 valence electrons. The zero-order chi connectivity index (χ0) is 8.10. The van der Waals surface area contributed by atoms with Gasteiger partial charge in [0.25, 0.3) is 6.41 Å². The largest absolute Gasteiger partial charge is 0.366 e. The quantitative estimate of drug-likeness (QED) is 0.419. The Morgan fingerprint density at radius 2 is 2.00 bits per heavy atom. The average molecular weight is 169 g/mol. The van der Waals surface area contributed by atoms with Gasteiger partial charge in [0.15, 0.2) is 5.75 Å². The normalized spacial score (nSPS) is 8.82. The van der Waals surface area contributed by atoms with Gasteiger partial charge in [0, 0.05) is 0 Å². The predicted octanol–water partition coefficient (Wildman–Crippen LogP) is 1.28. The number of rotatable bonds is 3. The molecule has 0 saturated heterocycles. The SMILES string of the molecule is O=CN(S)Oc1ccccc1. The second-order valence-electron chi connectivity index (χ2n) is 1.81. The number of hydroxylamine groups is 1. The number of hydrogen-bond donors (Lipinski definition) is 1. The summed E-state index contributed by atoms with van der Waals surface area (Å²) >= 11 is 3.68. The van der Waals surface area contributed by atoms with Crippen LogP contribution < -0.4 is 4.84 Å². The molecule has 3 nitrogen and oxygen atoms in total. The fourth-order valence-corrected chi connectivity index (χ4v) is 0.705. The summed E-state index contributed by atoms with van der Waals surface area (Å²) in [6.07, 6.45) is 0.468. The van der Waals surface area contributed by atoms with E-state index in [1.54, 1.807) is 12.1 Å². The summed E-state index contributed by atoms with van der Waals surface area (Å²) < 4.78 is 0.801. The minimum Gasteiger partial charge on any atom is -0.366 e. The lowest BCUT2D eigenvalue weighted by Crippen LogP contribution is -2.13. The summed E-state index contributed by atoms with van der Waals surface area (Å²) in [7, 11) is 0. The molecule has 0 aromatic heterocycles. The highest BCUT2D eigenvalue weighted by Crippen LogP contribution is 2.09. The molecule has 0 aliphatic rings. The third-order valence-corrected chi connectivity index (χ3v) is 1.21. The van der Waals surface area contributed by atoms with E-state index in [0.717, 1.165) is 4.47 Å². The van der Waals surface area contributed by atoms with Gasteiger partial charge in [0.05, 0.1) is 0 Å². The second-order valence-corrected chi connectivity index (χ2v) is 2.21. The standard InChI is InChI=1S/C7H7NO2S/c9-6-8(11)10-7-4-2-1-3-5-7/h1-6,11H. The summed E-state index contributed by atoms with van der Waals surface area (Å²) in [4.78, 5) is 14.9. The van der Waals surface area contributed by atoms with Crippen LogP contribution in [0.1, 0.15) is 0 Å². The highest BCUT2D eigenvalue weighted by atomic mass is 32.1. The van der Waals surface area contributed by atoms with Crippen molar-refractivity contribution in [3.8, 4) is 5.75 Å². The molecule has 1 aromatic rings. The molecule has 0 aliphatic heterocycles. The number of nitrogens with zero attached hydrogens (tertiary/aromatic N) is 1. The van der Waals surface area contributed by atoms with Gasteiger partial charge in [0.2, 0.25) is 0 Å². The van der Waals surface area contributed by atoms with Crippen LogP contribution in [-0.4, -0.2) is 10.9 Å². The first-order valence-corrected chi connectivity index (χ1v) is 3.39. The molecule has 1 aromatic carbocycles. The molecule has 1 amide bonds. The van der Waals surface area contributed by atoms with Crippen molar-refractivity contribution < 1.29 is 9.63 Å². The summed E-state index contributed by atoms with van der Waals surface area (Å²) in [5, 5.41) is 0. The lowest BCUT2D eigenvalue weighted by atomic mass is 10.3. The van der Waals surface area contributed by atoms with Crippen LogP contribution in [0, 0.1) is 0 Å². The third kappa shape index (κ3) is 2.51. The van der Waals surface area contributed by atoms with Crippen LogP contribution in [0.5, 0.6) is 5.75 Å². The first-order valence-electron chi connectivity index (χ1n) is 2.99. The summed E-state index contributed by atoms with van der Waals surface area (Å²) in [5.74, 6) is 0.578. The van der Waals surface area contributed by atoms with Gasteiger partial charge in [-0.15, -0.1) is 4.47 Å². The molecular formula is C7H7NO2S. The van der Waals surface area contributed by atoms with E-state index in [9.17, 15) is 4.79 Å². The predicted molar refractivity (Wildman–Crippen MR) is 44.0 cm³/mol. The Morgan fingerprint density at radius 1 is 1.36 bits per heavy atom. The van der Waals surface area contributed by atoms with Gasteiger partial charge in [-0.25, -0.2) is 0 Å². The average Bonchev–Trinajstić information content (AvgIpc) is 2.06. The molecule has 0 unspecified atom stereocenters. The highest BCUT2D eigenvalue weighted by molar-refractivity contribution is 7.78. The second kappa shape index (κ2) is 3.88. The van der Waals surface area contributed by atoms with E-state index in [-0.39, 0.29) is 0 Å². The molecule has 0 radical (unpaired) electrons. The summed E-state index contributed by atoms with van der Waals surface area (Å²) in [5.41, 5.74) is 0. The Hall–Kier alpha value is -1.16. The highest BCUT2D eigenvalue weighted by Gasteiger charge is 1.95. The number of hydrogen-bond acceptors (Lipinski definition) is 3. The number of amides is 1. The van der Waals surface area contributed by atoms with Gasteiger partial charge < -0.3 is 4.84 Å². The van der Waals surface area contributed by atoms with Gasteiger partial charge in [-0.1, -0.05) is 18.2 Å². The molecular weight excluding hydrogens is 162 g/mol. The van der Waals surface area contributed by atoms with Crippen molar-refractivity contribution in [1.29, 1.82) is 0 Å². The van der Waals surface area contributed by atoms with Gasteiger partial charge in [0.1, 0.15) is 0 Å². The van der Waals surface area contributed by atoms with Crippen LogP contribution >= 0.6 is 12.8 Å². The fraction of sp³-hybridized carbons (Fsp3) is 0. The molecule has 0 bridgehead atoms. The van der Waals surface area contributed by atoms with E-state index in [1.807, 2.05) is 18.2 Å². The molecule has 4 heteroatoms. The topological polar surface area (TPSA) is 29.5 Å². The van der Waals surface area contributed by atoms with Crippen molar-refractivity contribution in [2.24, 2.45) is 0 Å². The third-order valence-electron chi connectivity index (χ3n) is 1.03. The maximum atomic E-state index is 10.0. The zero-order valence-corrected chi connectivity index (χ0v) is 6.57. The van der Waals surface area contributed by atoms with Crippen molar-refractivity contribution in [3.05, 3.63) is 30.3 Å². The molecule has 0 fully saturated rings. The molecule has 0 spiro atoms. The van der Waals surface area contributed by atoms with Crippen LogP contribution in [0.15, 0.2) is 30.3 Å². The van der Waals surface area contributed by atoms with E-state index < -0.39 is 0 Å². The van der Waals surface area contributed by atoms with Crippen molar-refractivity contribution in [1.82, 2.24) is 4.47 Å². The Balaban J connectivity index is 2.57. The Morgan fingerprint density at radius 3 is 2.55 bits per heavy atom.